The molecular formula is C22H16N4O2S3. The molecule has 1 aromatic carbocycles. The van der Waals surface area contributed by atoms with E-state index in [1.54, 1.807) is 11.3 Å². The van der Waals surface area contributed by atoms with Gasteiger partial charge < -0.3 is 0 Å². The fraction of sp³-hybridized carbons (Fsp3) is 0.0909. The summed E-state index contributed by atoms with van der Waals surface area (Å²) in [5.41, 5.74) is 4.85. The quantitative estimate of drug-likeness (QED) is 0.400. The van der Waals surface area contributed by atoms with Gasteiger partial charge in [-0.1, -0.05) is 36.4 Å². The van der Waals surface area contributed by atoms with Crippen LogP contribution >= 0.6 is 34.0 Å². The molecule has 1 N–H and O–H groups in total. The number of hydrogen-bond acceptors (Lipinski definition) is 7. The van der Waals surface area contributed by atoms with E-state index in [4.69, 9.17) is 0 Å². The van der Waals surface area contributed by atoms with Crippen molar-refractivity contribution < 1.29 is 4.79 Å². The molecule has 5 aromatic rings. The van der Waals surface area contributed by atoms with E-state index in [2.05, 4.69) is 15.4 Å². The number of amides is 1. The summed E-state index contributed by atoms with van der Waals surface area (Å²) in [5.74, 6) is -0.320. The van der Waals surface area contributed by atoms with Gasteiger partial charge in [-0.15, -0.1) is 34.0 Å². The molecule has 0 atom stereocenters. The van der Waals surface area contributed by atoms with Crippen LogP contribution in [-0.4, -0.2) is 20.6 Å². The molecule has 0 aliphatic rings. The first-order chi connectivity index (χ1) is 15.1. The Kier molecular flexibility index (Phi) is 5.23. The van der Waals surface area contributed by atoms with E-state index in [0.29, 0.717) is 15.9 Å². The Balaban J connectivity index is 1.42. The first-order valence-electron chi connectivity index (χ1n) is 9.44. The minimum absolute atomic E-state index is 0.0839. The molecule has 0 saturated heterocycles. The minimum Gasteiger partial charge on any atom is -0.273 e. The second-order valence-corrected chi connectivity index (χ2v) is 9.84. The Morgan fingerprint density at radius 1 is 1.13 bits per heavy atom. The summed E-state index contributed by atoms with van der Waals surface area (Å²) in [4.78, 5) is 37.5. The van der Waals surface area contributed by atoms with E-state index >= 15 is 0 Å². The van der Waals surface area contributed by atoms with Crippen molar-refractivity contribution in [2.45, 2.75) is 13.3 Å². The van der Waals surface area contributed by atoms with E-state index in [-0.39, 0.29) is 17.9 Å². The number of fused-ring (bicyclic) bond motifs is 1. The largest absolute Gasteiger partial charge is 0.281 e. The number of hydrogen-bond donors (Lipinski definition) is 1. The van der Waals surface area contributed by atoms with Gasteiger partial charge in [0.1, 0.15) is 16.2 Å². The highest BCUT2D eigenvalue weighted by molar-refractivity contribution is 7.20. The van der Waals surface area contributed by atoms with E-state index < -0.39 is 0 Å². The summed E-state index contributed by atoms with van der Waals surface area (Å²) in [7, 11) is 0. The zero-order chi connectivity index (χ0) is 21.4. The predicted octanol–water partition coefficient (Wildman–Crippen LogP) is 4.93. The topological polar surface area (TPSA) is 76.9 Å². The number of nitrogens with zero attached hydrogens (tertiary/aromatic N) is 3. The molecule has 0 radical (unpaired) electrons. The van der Waals surface area contributed by atoms with Gasteiger partial charge in [0, 0.05) is 15.8 Å². The molecule has 0 aliphatic heterocycles. The SMILES string of the molecule is Cc1sc2ncn(NC(=O)Cc3csc(-c4cccs4)n3)c(=O)c2c1-c1ccccc1. The van der Waals surface area contributed by atoms with Gasteiger partial charge in [0.15, 0.2) is 0 Å². The third kappa shape index (κ3) is 3.83. The average Bonchev–Trinajstić information content (AvgIpc) is 3.50. The zero-order valence-electron chi connectivity index (χ0n) is 16.4. The molecular weight excluding hydrogens is 448 g/mol. The lowest BCUT2D eigenvalue weighted by atomic mass is 10.0. The third-order valence-corrected chi connectivity index (χ3v) is 7.67. The number of nitrogens with one attached hydrogen (secondary N) is 1. The number of aromatic nitrogens is 3. The number of carbonyl (C=O) groups is 1. The monoisotopic (exact) mass is 464 g/mol. The first-order valence-corrected chi connectivity index (χ1v) is 12.0. The summed E-state index contributed by atoms with van der Waals surface area (Å²) >= 11 is 4.59. The van der Waals surface area contributed by atoms with Gasteiger partial charge in [-0.05, 0) is 23.9 Å². The normalized spacial score (nSPS) is 11.1. The molecule has 6 nitrogen and oxygen atoms in total. The fourth-order valence-electron chi connectivity index (χ4n) is 3.37. The first kappa shape index (κ1) is 19.8. The number of rotatable bonds is 5. The minimum atomic E-state index is -0.320. The molecule has 0 unspecified atom stereocenters. The van der Waals surface area contributed by atoms with Crippen LogP contribution < -0.4 is 11.0 Å². The van der Waals surface area contributed by atoms with Crippen molar-refractivity contribution in [3.05, 3.63) is 80.5 Å². The molecule has 0 saturated carbocycles. The van der Waals surface area contributed by atoms with Gasteiger partial charge in [0.2, 0.25) is 5.91 Å². The lowest BCUT2D eigenvalue weighted by molar-refractivity contribution is -0.116. The highest BCUT2D eigenvalue weighted by atomic mass is 32.1. The van der Waals surface area contributed by atoms with Crippen LogP contribution in [0, 0.1) is 6.92 Å². The lowest BCUT2D eigenvalue weighted by Crippen LogP contribution is -2.34. The molecule has 0 spiro atoms. The molecule has 31 heavy (non-hydrogen) atoms. The molecule has 5 rings (SSSR count). The molecule has 1 amide bonds. The fourth-order valence-corrected chi connectivity index (χ4v) is 6.01. The molecule has 154 valence electrons. The van der Waals surface area contributed by atoms with E-state index in [0.717, 1.165) is 30.6 Å². The third-order valence-electron chi connectivity index (χ3n) is 4.72. The Hall–Kier alpha value is -3.14. The van der Waals surface area contributed by atoms with Crippen molar-refractivity contribution in [3.8, 4) is 21.0 Å². The van der Waals surface area contributed by atoms with Crippen molar-refractivity contribution in [2.75, 3.05) is 5.43 Å². The van der Waals surface area contributed by atoms with E-state index in [1.807, 2.05) is 60.1 Å². The average molecular weight is 465 g/mol. The van der Waals surface area contributed by atoms with Crippen LogP contribution in [0.5, 0.6) is 0 Å². The highest BCUT2D eigenvalue weighted by Gasteiger charge is 2.18. The number of benzene rings is 1. The Morgan fingerprint density at radius 2 is 1.97 bits per heavy atom. The van der Waals surface area contributed by atoms with Crippen LogP contribution in [0.2, 0.25) is 0 Å². The van der Waals surface area contributed by atoms with Crippen LogP contribution in [0.1, 0.15) is 10.6 Å². The highest BCUT2D eigenvalue weighted by Crippen LogP contribution is 2.35. The Labute approximate surface area is 189 Å². The van der Waals surface area contributed by atoms with Gasteiger partial charge in [0.05, 0.1) is 22.4 Å². The maximum absolute atomic E-state index is 13.2. The molecule has 9 heteroatoms. The van der Waals surface area contributed by atoms with Crippen LogP contribution in [0.25, 0.3) is 31.2 Å². The van der Waals surface area contributed by atoms with Crippen LogP contribution in [0.4, 0.5) is 0 Å². The zero-order valence-corrected chi connectivity index (χ0v) is 18.8. The standard InChI is InChI=1S/C22H16N4O2S3/c1-13-18(14-6-3-2-4-7-14)19-21(31-13)23-12-26(22(19)28)25-17(27)10-15-11-30-20(24-15)16-8-5-9-29-16/h2-9,11-12H,10H2,1H3,(H,25,27). The van der Waals surface area contributed by atoms with Crippen molar-refractivity contribution in [2.24, 2.45) is 0 Å². The summed E-state index contributed by atoms with van der Waals surface area (Å²) in [6, 6.07) is 13.7. The molecule has 0 fully saturated rings. The van der Waals surface area contributed by atoms with Gasteiger partial charge in [0.25, 0.3) is 5.56 Å². The predicted molar refractivity (Wildman–Crippen MR) is 128 cm³/mol. The van der Waals surface area contributed by atoms with Crippen molar-refractivity contribution in [1.82, 2.24) is 14.6 Å². The summed E-state index contributed by atoms with van der Waals surface area (Å²) < 4.78 is 1.16. The van der Waals surface area contributed by atoms with Gasteiger partial charge in [-0.25, -0.2) is 14.6 Å². The van der Waals surface area contributed by atoms with E-state index in [9.17, 15) is 9.59 Å². The van der Waals surface area contributed by atoms with Crippen LogP contribution in [0.3, 0.4) is 0 Å². The summed E-state index contributed by atoms with van der Waals surface area (Å²) in [5, 5.41) is 5.27. The van der Waals surface area contributed by atoms with Gasteiger partial charge >= 0.3 is 0 Å². The van der Waals surface area contributed by atoms with Gasteiger partial charge in [-0.3, -0.25) is 15.0 Å². The van der Waals surface area contributed by atoms with Crippen molar-refractivity contribution in [3.63, 3.8) is 0 Å². The number of thiophene rings is 2. The summed E-state index contributed by atoms with van der Waals surface area (Å²) in [6.07, 6.45) is 1.45. The Morgan fingerprint density at radius 3 is 2.74 bits per heavy atom. The maximum atomic E-state index is 13.2. The number of aryl methyl sites for hydroxylation is 1. The van der Waals surface area contributed by atoms with Crippen LogP contribution in [-0.2, 0) is 11.2 Å². The summed E-state index contributed by atoms with van der Waals surface area (Å²) in [6.45, 7) is 1.98. The molecule has 4 heterocycles. The number of thiazole rings is 1. The molecule has 0 aliphatic carbocycles. The maximum Gasteiger partial charge on any atom is 0.281 e. The molecule has 0 bridgehead atoms. The smallest absolute Gasteiger partial charge is 0.273 e. The number of carbonyl (C=O) groups excluding carboxylic acids is 1. The molecule has 4 aromatic heterocycles. The van der Waals surface area contributed by atoms with Crippen LogP contribution in [0.15, 0.2) is 64.3 Å². The van der Waals surface area contributed by atoms with Crippen molar-refractivity contribution >= 4 is 50.1 Å². The van der Waals surface area contributed by atoms with Gasteiger partial charge in [-0.2, -0.15) is 0 Å². The second kappa shape index (κ2) is 8.18. The second-order valence-electron chi connectivity index (χ2n) is 6.83. The lowest BCUT2D eigenvalue weighted by Gasteiger charge is -2.08. The van der Waals surface area contributed by atoms with Crippen molar-refractivity contribution in [1.29, 1.82) is 0 Å². The van der Waals surface area contributed by atoms with E-state index in [1.165, 1.54) is 29.0 Å². The Bertz CT molecular complexity index is 1430.